The van der Waals surface area contributed by atoms with Gasteiger partial charge in [-0.1, -0.05) is 39.2 Å². The molecular formula is C8H10Cl3N3O3S. The van der Waals surface area contributed by atoms with E-state index in [0.717, 1.165) is 19.3 Å². The van der Waals surface area contributed by atoms with Crippen LogP contribution in [-0.4, -0.2) is 42.1 Å². The summed E-state index contributed by atoms with van der Waals surface area (Å²) in [5.74, 6) is -0.497. The van der Waals surface area contributed by atoms with Gasteiger partial charge in [-0.15, -0.1) is 4.40 Å². The molecule has 0 saturated carbocycles. The number of rotatable bonds is 0. The molecule has 0 N–H and O–H groups in total. The summed E-state index contributed by atoms with van der Waals surface area (Å²) in [4.78, 5) is 1.70. The summed E-state index contributed by atoms with van der Waals surface area (Å²) >= 11 is 16.7. The van der Waals surface area contributed by atoms with Gasteiger partial charge < -0.3 is 9.64 Å². The Bertz CT molecular complexity index is 491. The molecule has 0 radical (unpaired) electrons. The SMILES string of the molecule is O=S1(=O)N=C(N2CCCCC2)OC(C(Cl)(Cl)Cl)=N1. The zero-order chi connectivity index (χ0) is 13.4. The van der Waals surface area contributed by atoms with Crippen LogP contribution in [0.2, 0.25) is 0 Å². The van der Waals surface area contributed by atoms with Crippen LogP contribution in [0.15, 0.2) is 8.80 Å². The number of hydrogen-bond acceptors (Lipinski definition) is 4. The highest BCUT2D eigenvalue weighted by molar-refractivity contribution is 7.89. The maximum Gasteiger partial charge on any atom is 0.370 e. The highest BCUT2D eigenvalue weighted by Gasteiger charge is 2.38. The number of piperidine rings is 1. The van der Waals surface area contributed by atoms with Crippen molar-refractivity contribution in [2.75, 3.05) is 13.1 Å². The first-order valence-electron chi connectivity index (χ1n) is 5.23. The predicted octanol–water partition coefficient (Wildman–Crippen LogP) is 1.87. The molecular weight excluding hydrogens is 325 g/mol. The van der Waals surface area contributed by atoms with Crippen LogP contribution in [0.4, 0.5) is 0 Å². The summed E-state index contributed by atoms with van der Waals surface area (Å²) in [7, 11) is -4.06. The van der Waals surface area contributed by atoms with Crippen molar-refractivity contribution in [2.24, 2.45) is 8.80 Å². The average molecular weight is 335 g/mol. The van der Waals surface area contributed by atoms with E-state index in [9.17, 15) is 8.42 Å². The van der Waals surface area contributed by atoms with Crippen LogP contribution >= 0.6 is 34.8 Å². The van der Waals surface area contributed by atoms with E-state index in [1.807, 2.05) is 0 Å². The molecule has 10 heteroatoms. The standard InChI is InChI=1S/C8H10Cl3N3O3S/c9-8(10,11)6-12-18(15,16)13-7(17-6)14-4-2-1-3-5-14/h1-5H2. The van der Waals surface area contributed by atoms with Gasteiger partial charge in [0.15, 0.2) is 0 Å². The first-order chi connectivity index (χ1) is 8.28. The molecule has 2 aliphatic heterocycles. The Kier molecular flexibility index (Phi) is 3.96. The van der Waals surface area contributed by atoms with Crippen molar-refractivity contribution < 1.29 is 13.2 Å². The fourth-order valence-corrected chi connectivity index (χ4v) is 2.83. The topological polar surface area (TPSA) is 71.3 Å². The summed E-state index contributed by atoms with van der Waals surface area (Å²) in [6, 6.07) is -0.0778. The number of alkyl halides is 3. The van der Waals surface area contributed by atoms with Gasteiger partial charge in [0, 0.05) is 13.1 Å². The van der Waals surface area contributed by atoms with Crippen LogP contribution in [0.3, 0.4) is 0 Å². The summed E-state index contributed by atoms with van der Waals surface area (Å²) in [6.07, 6.45) is 2.95. The van der Waals surface area contributed by atoms with Crippen LogP contribution in [0, 0.1) is 0 Å². The molecule has 0 spiro atoms. The summed E-state index contributed by atoms with van der Waals surface area (Å²) in [5.41, 5.74) is 0. The lowest BCUT2D eigenvalue weighted by Crippen LogP contribution is -2.42. The molecule has 2 aliphatic rings. The Morgan fingerprint density at radius 1 is 1.11 bits per heavy atom. The number of amidine groups is 1. The van der Waals surface area contributed by atoms with E-state index in [0.29, 0.717) is 13.1 Å². The van der Waals surface area contributed by atoms with E-state index in [-0.39, 0.29) is 6.02 Å². The predicted molar refractivity (Wildman–Crippen MR) is 70.6 cm³/mol. The van der Waals surface area contributed by atoms with Gasteiger partial charge in [-0.05, 0) is 19.3 Å². The molecule has 2 heterocycles. The van der Waals surface area contributed by atoms with E-state index in [4.69, 9.17) is 39.5 Å². The molecule has 0 unspecified atom stereocenters. The Morgan fingerprint density at radius 2 is 1.72 bits per heavy atom. The van der Waals surface area contributed by atoms with Crippen LogP contribution < -0.4 is 0 Å². The first kappa shape index (κ1) is 14.2. The third-order valence-electron chi connectivity index (χ3n) is 2.45. The molecule has 0 aromatic heterocycles. The van der Waals surface area contributed by atoms with Gasteiger partial charge >= 0.3 is 16.2 Å². The van der Waals surface area contributed by atoms with Gasteiger partial charge in [-0.25, -0.2) is 0 Å². The molecule has 0 amide bonds. The Labute approximate surface area is 120 Å². The van der Waals surface area contributed by atoms with Gasteiger partial charge in [-0.2, -0.15) is 8.42 Å². The maximum absolute atomic E-state index is 11.5. The van der Waals surface area contributed by atoms with Crippen molar-refractivity contribution in [1.29, 1.82) is 0 Å². The highest BCUT2D eigenvalue weighted by atomic mass is 35.6. The Morgan fingerprint density at radius 3 is 2.28 bits per heavy atom. The van der Waals surface area contributed by atoms with E-state index in [1.54, 1.807) is 4.90 Å². The second-order valence-corrected chi connectivity index (χ2v) is 7.41. The van der Waals surface area contributed by atoms with Gasteiger partial charge in [0.1, 0.15) is 0 Å². The molecule has 102 valence electrons. The zero-order valence-corrected chi connectivity index (χ0v) is 12.2. The molecule has 0 aromatic carbocycles. The lowest BCUT2D eigenvalue weighted by molar-refractivity contribution is 0.286. The van der Waals surface area contributed by atoms with E-state index < -0.39 is 19.9 Å². The van der Waals surface area contributed by atoms with E-state index >= 15 is 0 Å². The van der Waals surface area contributed by atoms with E-state index in [2.05, 4.69) is 8.80 Å². The molecule has 0 atom stereocenters. The molecule has 1 fully saturated rings. The molecule has 6 nitrogen and oxygen atoms in total. The van der Waals surface area contributed by atoms with Crippen molar-refractivity contribution in [1.82, 2.24) is 4.90 Å². The fourth-order valence-electron chi connectivity index (χ4n) is 1.66. The molecule has 18 heavy (non-hydrogen) atoms. The summed E-state index contributed by atoms with van der Waals surface area (Å²) in [6.45, 7) is 1.31. The average Bonchev–Trinajstić information content (AvgIpc) is 2.27. The largest absolute Gasteiger partial charge is 0.405 e. The van der Waals surface area contributed by atoms with Crippen molar-refractivity contribution in [3.63, 3.8) is 0 Å². The number of ether oxygens (including phenoxy) is 1. The van der Waals surface area contributed by atoms with Gasteiger partial charge in [0.25, 0.3) is 9.69 Å². The minimum absolute atomic E-state index is 0.0778. The van der Waals surface area contributed by atoms with Crippen LogP contribution in [0.25, 0.3) is 0 Å². The van der Waals surface area contributed by atoms with Gasteiger partial charge in [-0.3, -0.25) is 0 Å². The highest BCUT2D eigenvalue weighted by Crippen LogP contribution is 2.31. The fraction of sp³-hybridized carbons (Fsp3) is 0.750. The smallest absolute Gasteiger partial charge is 0.370 e. The minimum Gasteiger partial charge on any atom is -0.405 e. The first-order valence-corrected chi connectivity index (χ1v) is 7.76. The van der Waals surface area contributed by atoms with Crippen LogP contribution in [0.5, 0.6) is 0 Å². The van der Waals surface area contributed by atoms with Gasteiger partial charge in [0.05, 0.1) is 0 Å². The van der Waals surface area contributed by atoms with Crippen molar-refractivity contribution in [3.8, 4) is 0 Å². The monoisotopic (exact) mass is 333 g/mol. The second kappa shape index (κ2) is 5.03. The Hall–Kier alpha value is -0.240. The third kappa shape index (κ3) is 3.40. The number of likely N-dealkylation sites (tertiary alicyclic amines) is 1. The van der Waals surface area contributed by atoms with Crippen LogP contribution in [0.1, 0.15) is 19.3 Å². The number of halogens is 3. The molecule has 0 aromatic rings. The van der Waals surface area contributed by atoms with Crippen molar-refractivity contribution in [2.45, 2.75) is 23.1 Å². The molecule has 1 saturated heterocycles. The van der Waals surface area contributed by atoms with E-state index in [1.165, 1.54) is 0 Å². The summed E-state index contributed by atoms with van der Waals surface area (Å²) in [5, 5.41) is 0. The minimum atomic E-state index is -4.06. The lowest BCUT2D eigenvalue weighted by atomic mass is 10.1. The number of hydrogen-bond donors (Lipinski definition) is 0. The maximum atomic E-state index is 11.5. The number of nitrogens with zero attached hydrogens (tertiary/aromatic N) is 3. The summed E-state index contributed by atoms with van der Waals surface area (Å²) < 4.78 is 32.8. The second-order valence-electron chi connectivity index (χ2n) is 3.87. The quantitative estimate of drug-likeness (QED) is 0.634. The molecule has 0 aliphatic carbocycles. The lowest BCUT2D eigenvalue weighted by Gasteiger charge is -2.30. The zero-order valence-electron chi connectivity index (χ0n) is 9.14. The molecule has 2 rings (SSSR count). The van der Waals surface area contributed by atoms with Crippen molar-refractivity contribution >= 4 is 56.9 Å². The van der Waals surface area contributed by atoms with Crippen LogP contribution in [-0.2, 0) is 14.9 Å². The normalized spacial score (nSPS) is 24.1. The molecule has 0 bridgehead atoms. The Balaban J connectivity index is 2.26. The van der Waals surface area contributed by atoms with Gasteiger partial charge in [0.2, 0.25) is 0 Å². The third-order valence-corrected chi connectivity index (χ3v) is 3.72. The van der Waals surface area contributed by atoms with Crippen molar-refractivity contribution in [3.05, 3.63) is 0 Å².